The molecule has 0 saturated carbocycles. The lowest BCUT2D eigenvalue weighted by atomic mass is 9.97. The molecule has 1 aromatic carbocycles. The van der Waals surface area contributed by atoms with Crippen molar-refractivity contribution in [3.8, 4) is 0 Å². The number of hydrogen-bond acceptors (Lipinski definition) is 3. The monoisotopic (exact) mass is 287 g/mol. The Morgan fingerprint density at radius 2 is 2.05 bits per heavy atom. The summed E-state index contributed by atoms with van der Waals surface area (Å²) in [5.41, 5.74) is 8.58. The summed E-state index contributed by atoms with van der Waals surface area (Å²) in [6.07, 6.45) is 3.95. The number of nitrogens with one attached hydrogen (secondary N) is 1. The van der Waals surface area contributed by atoms with Gasteiger partial charge in [0.2, 0.25) is 0 Å². The first-order valence-corrected chi connectivity index (χ1v) is 7.31. The smallest absolute Gasteiger partial charge is 0.107 e. The Morgan fingerprint density at radius 1 is 1.35 bits per heavy atom. The van der Waals surface area contributed by atoms with Crippen LogP contribution in [0, 0.1) is 0 Å². The van der Waals surface area contributed by atoms with Crippen molar-refractivity contribution >= 4 is 33.8 Å². The standard InChI is InChI=1S/C16H21N3S/c1-4-9-16(2,3)19-14-11-7-5-6-8-13(11)18-10-12(14)15(17)20/h5-8,10H,4,9H2,1-3H3,(H2,17,20)(H,18,19). The van der Waals surface area contributed by atoms with Crippen molar-refractivity contribution in [3.63, 3.8) is 0 Å². The molecule has 3 nitrogen and oxygen atoms in total. The molecule has 0 atom stereocenters. The van der Waals surface area contributed by atoms with E-state index < -0.39 is 0 Å². The largest absolute Gasteiger partial charge is 0.389 e. The zero-order valence-corrected chi connectivity index (χ0v) is 13.1. The Bertz CT molecular complexity index is 635. The number of para-hydroxylation sites is 1. The molecule has 106 valence electrons. The highest BCUT2D eigenvalue weighted by atomic mass is 32.1. The lowest BCUT2D eigenvalue weighted by Crippen LogP contribution is -2.32. The van der Waals surface area contributed by atoms with Gasteiger partial charge in [-0.15, -0.1) is 0 Å². The predicted octanol–water partition coefficient (Wildman–Crippen LogP) is 3.86. The van der Waals surface area contributed by atoms with E-state index in [4.69, 9.17) is 18.0 Å². The summed E-state index contributed by atoms with van der Waals surface area (Å²) >= 11 is 5.16. The Morgan fingerprint density at radius 3 is 2.70 bits per heavy atom. The number of aromatic nitrogens is 1. The molecule has 0 saturated heterocycles. The van der Waals surface area contributed by atoms with Gasteiger partial charge in [-0.3, -0.25) is 4.98 Å². The lowest BCUT2D eigenvalue weighted by molar-refractivity contribution is 0.511. The van der Waals surface area contributed by atoms with E-state index in [2.05, 4.69) is 37.1 Å². The summed E-state index contributed by atoms with van der Waals surface area (Å²) < 4.78 is 0. The predicted molar refractivity (Wildman–Crippen MR) is 90.2 cm³/mol. The Kier molecular flexibility index (Phi) is 4.23. The van der Waals surface area contributed by atoms with Crippen LogP contribution in [0.4, 0.5) is 5.69 Å². The van der Waals surface area contributed by atoms with E-state index in [-0.39, 0.29) is 5.54 Å². The van der Waals surface area contributed by atoms with Gasteiger partial charge in [-0.2, -0.15) is 0 Å². The molecule has 0 fully saturated rings. The highest BCUT2D eigenvalue weighted by Crippen LogP contribution is 2.29. The van der Waals surface area contributed by atoms with E-state index in [1.807, 2.05) is 18.2 Å². The average molecular weight is 287 g/mol. The number of thiocarbonyl (C=S) groups is 1. The van der Waals surface area contributed by atoms with Crippen LogP contribution in [0.3, 0.4) is 0 Å². The third kappa shape index (κ3) is 3.07. The summed E-state index contributed by atoms with van der Waals surface area (Å²) in [7, 11) is 0. The summed E-state index contributed by atoms with van der Waals surface area (Å²) in [5.74, 6) is 0. The molecule has 1 aromatic heterocycles. The maximum atomic E-state index is 5.85. The Labute approximate surface area is 125 Å². The summed E-state index contributed by atoms with van der Waals surface area (Å²) in [6.45, 7) is 6.56. The maximum absolute atomic E-state index is 5.85. The number of nitrogens with zero attached hydrogens (tertiary/aromatic N) is 1. The zero-order chi connectivity index (χ0) is 14.8. The molecule has 0 amide bonds. The number of pyridine rings is 1. The highest BCUT2D eigenvalue weighted by molar-refractivity contribution is 7.80. The van der Waals surface area contributed by atoms with Crippen molar-refractivity contribution in [2.24, 2.45) is 5.73 Å². The van der Waals surface area contributed by atoms with Crippen LogP contribution in [0.5, 0.6) is 0 Å². The number of fused-ring (bicyclic) bond motifs is 1. The number of benzene rings is 1. The molecule has 2 rings (SSSR count). The highest BCUT2D eigenvalue weighted by Gasteiger charge is 2.20. The van der Waals surface area contributed by atoms with Crippen LogP contribution in [0.15, 0.2) is 30.5 Å². The first kappa shape index (κ1) is 14.7. The van der Waals surface area contributed by atoms with Crippen LogP contribution in [-0.2, 0) is 0 Å². The van der Waals surface area contributed by atoms with Gasteiger partial charge in [0.25, 0.3) is 0 Å². The quantitative estimate of drug-likeness (QED) is 0.820. The van der Waals surface area contributed by atoms with E-state index in [0.29, 0.717) is 4.99 Å². The second kappa shape index (κ2) is 5.75. The molecule has 0 aliphatic rings. The van der Waals surface area contributed by atoms with Crippen molar-refractivity contribution in [2.45, 2.75) is 39.2 Å². The molecule has 0 radical (unpaired) electrons. The van der Waals surface area contributed by atoms with Gasteiger partial charge >= 0.3 is 0 Å². The van der Waals surface area contributed by atoms with Gasteiger partial charge in [0.15, 0.2) is 0 Å². The van der Waals surface area contributed by atoms with Crippen molar-refractivity contribution in [1.29, 1.82) is 0 Å². The summed E-state index contributed by atoms with van der Waals surface area (Å²) in [4.78, 5) is 4.80. The van der Waals surface area contributed by atoms with Crippen molar-refractivity contribution < 1.29 is 0 Å². The van der Waals surface area contributed by atoms with Crippen LogP contribution in [0.2, 0.25) is 0 Å². The molecular formula is C16H21N3S. The fourth-order valence-corrected chi connectivity index (χ4v) is 2.64. The molecule has 0 aliphatic heterocycles. The summed E-state index contributed by atoms with van der Waals surface area (Å²) in [6, 6.07) is 8.03. The maximum Gasteiger partial charge on any atom is 0.107 e. The first-order chi connectivity index (χ1) is 9.44. The second-order valence-electron chi connectivity index (χ2n) is 5.69. The molecule has 3 N–H and O–H groups in total. The van der Waals surface area contributed by atoms with Crippen molar-refractivity contribution in [1.82, 2.24) is 4.98 Å². The van der Waals surface area contributed by atoms with Crippen LogP contribution in [-0.4, -0.2) is 15.5 Å². The SMILES string of the molecule is CCCC(C)(C)Nc1c(C(N)=S)cnc2ccccc12. The van der Waals surface area contributed by atoms with E-state index in [9.17, 15) is 0 Å². The molecule has 0 spiro atoms. The first-order valence-electron chi connectivity index (χ1n) is 6.90. The number of hydrogen-bond donors (Lipinski definition) is 2. The lowest BCUT2D eigenvalue weighted by Gasteiger charge is -2.29. The average Bonchev–Trinajstić information content (AvgIpc) is 2.38. The molecule has 2 aromatic rings. The van der Waals surface area contributed by atoms with Gasteiger partial charge in [-0.25, -0.2) is 0 Å². The third-order valence-corrected chi connectivity index (χ3v) is 3.60. The minimum Gasteiger partial charge on any atom is -0.389 e. The number of rotatable bonds is 5. The van der Waals surface area contributed by atoms with E-state index in [1.54, 1.807) is 6.20 Å². The Hall–Kier alpha value is -1.68. The van der Waals surface area contributed by atoms with Crippen LogP contribution in [0.1, 0.15) is 39.2 Å². The molecule has 4 heteroatoms. The normalized spacial score (nSPS) is 11.6. The van der Waals surface area contributed by atoms with Crippen LogP contribution < -0.4 is 11.1 Å². The zero-order valence-electron chi connectivity index (χ0n) is 12.2. The molecule has 0 aliphatic carbocycles. The minimum absolute atomic E-state index is 0.0155. The van der Waals surface area contributed by atoms with E-state index in [1.165, 1.54) is 0 Å². The second-order valence-corrected chi connectivity index (χ2v) is 6.13. The fourth-order valence-electron chi connectivity index (χ4n) is 2.49. The third-order valence-electron chi connectivity index (χ3n) is 3.38. The topological polar surface area (TPSA) is 50.9 Å². The Balaban J connectivity index is 2.58. The minimum atomic E-state index is -0.0155. The number of anilines is 1. The van der Waals surface area contributed by atoms with Gasteiger partial charge in [0, 0.05) is 17.1 Å². The van der Waals surface area contributed by atoms with Gasteiger partial charge in [0.1, 0.15) is 4.99 Å². The summed E-state index contributed by atoms with van der Waals surface area (Å²) in [5, 5.41) is 4.66. The van der Waals surface area contributed by atoms with E-state index in [0.717, 1.165) is 35.0 Å². The van der Waals surface area contributed by atoms with Gasteiger partial charge in [0.05, 0.1) is 16.8 Å². The van der Waals surface area contributed by atoms with Crippen molar-refractivity contribution in [3.05, 3.63) is 36.0 Å². The fraction of sp³-hybridized carbons (Fsp3) is 0.375. The van der Waals surface area contributed by atoms with Crippen LogP contribution >= 0.6 is 12.2 Å². The molecular weight excluding hydrogens is 266 g/mol. The van der Waals surface area contributed by atoms with Gasteiger partial charge in [-0.1, -0.05) is 43.8 Å². The molecule has 0 unspecified atom stereocenters. The molecule has 20 heavy (non-hydrogen) atoms. The molecule has 0 bridgehead atoms. The van der Waals surface area contributed by atoms with E-state index >= 15 is 0 Å². The van der Waals surface area contributed by atoms with Gasteiger partial charge in [-0.05, 0) is 26.3 Å². The van der Waals surface area contributed by atoms with Gasteiger partial charge < -0.3 is 11.1 Å². The van der Waals surface area contributed by atoms with Crippen molar-refractivity contribution in [2.75, 3.05) is 5.32 Å². The number of nitrogens with two attached hydrogens (primary N) is 1. The molecule has 1 heterocycles. The van der Waals surface area contributed by atoms with Crippen LogP contribution in [0.25, 0.3) is 10.9 Å².